The van der Waals surface area contributed by atoms with Gasteiger partial charge in [-0.25, -0.2) is 4.79 Å². The quantitative estimate of drug-likeness (QED) is 0.482. The molecular formula is C27H29N3O3. The predicted octanol–water partition coefficient (Wildman–Crippen LogP) is 4.47. The highest BCUT2D eigenvalue weighted by atomic mass is 16.5. The van der Waals surface area contributed by atoms with Gasteiger partial charge in [-0.05, 0) is 23.6 Å². The highest BCUT2D eigenvalue weighted by molar-refractivity contribution is 5.77. The molecule has 6 heteroatoms. The number of carbonyl (C=O) groups is 2. The van der Waals surface area contributed by atoms with E-state index in [1.54, 1.807) is 9.80 Å². The van der Waals surface area contributed by atoms with Crippen LogP contribution in [-0.2, 0) is 29.2 Å². The maximum atomic E-state index is 13.3. The van der Waals surface area contributed by atoms with Crippen LogP contribution >= 0.6 is 0 Å². The molecule has 2 amide bonds. The van der Waals surface area contributed by atoms with Gasteiger partial charge in [0.25, 0.3) is 0 Å². The lowest BCUT2D eigenvalue weighted by Gasteiger charge is -2.44. The Bertz CT molecular complexity index is 990. The second kappa shape index (κ2) is 10.8. The number of benzene rings is 3. The van der Waals surface area contributed by atoms with Gasteiger partial charge in [0.1, 0.15) is 12.6 Å². The molecule has 0 spiro atoms. The molecule has 1 aliphatic heterocycles. The van der Waals surface area contributed by atoms with Crippen LogP contribution in [0.15, 0.2) is 91.0 Å². The average molecular weight is 444 g/mol. The number of ether oxygens (including phenoxy) is 1. The molecule has 4 rings (SSSR count). The van der Waals surface area contributed by atoms with Crippen molar-refractivity contribution >= 4 is 12.0 Å². The summed E-state index contributed by atoms with van der Waals surface area (Å²) in [6.07, 6.45) is 0. The van der Waals surface area contributed by atoms with E-state index in [-0.39, 0.29) is 18.6 Å². The summed E-state index contributed by atoms with van der Waals surface area (Å²) in [6.45, 7) is 3.75. The Morgan fingerprint density at radius 3 is 1.64 bits per heavy atom. The summed E-state index contributed by atoms with van der Waals surface area (Å²) in [5.74, 6) is -0.299. The number of amides is 2. The summed E-state index contributed by atoms with van der Waals surface area (Å²) in [7, 11) is 0. The van der Waals surface area contributed by atoms with E-state index in [4.69, 9.17) is 4.74 Å². The molecule has 3 aromatic rings. The summed E-state index contributed by atoms with van der Waals surface area (Å²) < 4.78 is 5.57. The first kappa shape index (κ1) is 22.6. The predicted molar refractivity (Wildman–Crippen MR) is 127 cm³/mol. The zero-order chi connectivity index (χ0) is 23.0. The fraction of sp³-hybridized carbons (Fsp3) is 0.259. The van der Waals surface area contributed by atoms with Crippen LogP contribution in [0.1, 0.15) is 23.6 Å². The third kappa shape index (κ3) is 5.99. The molecule has 0 aromatic heterocycles. The molecule has 0 saturated carbocycles. The molecule has 6 nitrogen and oxygen atoms in total. The summed E-state index contributed by atoms with van der Waals surface area (Å²) in [5.41, 5.74) is 3.04. The standard InChI is InChI=1S/C27H29N3O3/c1-22(26(31)33-19-25-15-9-4-10-16-25)30-20-28(17-23-11-5-2-6-12-23)27(32)29(21-30)18-24-13-7-3-8-14-24/h2-16,22H,17-21H2,1H3/t22-/m0/s1. The third-order valence-corrected chi connectivity index (χ3v) is 5.79. The van der Waals surface area contributed by atoms with Crippen LogP contribution in [0, 0.1) is 0 Å². The average Bonchev–Trinajstić information content (AvgIpc) is 2.86. The minimum absolute atomic E-state index is 0.0381. The first-order valence-electron chi connectivity index (χ1n) is 11.2. The number of carbonyl (C=O) groups excluding carboxylic acids is 2. The molecular weight excluding hydrogens is 414 g/mol. The monoisotopic (exact) mass is 443 g/mol. The largest absolute Gasteiger partial charge is 0.460 e. The molecule has 170 valence electrons. The second-order valence-electron chi connectivity index (χ2n) is 8.29. The van der Waals surface area contributed by atoms with Gasteiger partial charge < -0.3 is 14.5 Å². The molecule has 1 fully saturated rings. The zero-order valence-electron chi connectivity index (χ0n) is 18.8. The molecule has 33 heavy (non-hydrogen) atoms. The van der Waals surface area contributed by atoms with Crippen molar-refractivity contribution in [3.8, 4) is 0 Å². The van der Waals surface area contributed by atoms with Crippen molar-refractivity contribution in [3.05, 3.63) is 108 Å². The number of rotatable bonds is 8. The van der Waals surface area contributed by atoms with Gasteiger partial charge in [0, 0.05) is 13.1 Å². The first-order valence-corrected chi connectivity index (χ1v) is 11.2. The van der Waals surface area contributed by atoms with Crippen LogP contribution < -0.4 is 0 Å². The molecule has 0 aliphatic carbocycles. The molecule has 1 atom stereocenters. The van der Waals surface area contributed by atoms with E-state index in [2.05, 4.69) is 0 Å². The smallest absolute Gasteiger partial charge is 0.323 e. The van der Waals surface area contributed by atoms with Gasteiger partial charge in [0.15, 0.2) is 0 Å². The summed E-state index contributed by atoms with van der Waals surface area (Å²) in [6, 6.07) is 28.9. The molecule has 3 aromatic carbocycles. The van der Waals surface area contributed by atoms with E-state index in [1.165, 1.54) is 0 Å². The lowest BCUT2D eigenvalue weighted by molar-refractivity contribution is -0.153. The van der Waals surface area contributed by atoms with Crippen molar-refractivity contribution in [1.82, 2.24) is 14.7 Å². The number of hydrogen-bond donors (Lipinski definition) is 0. The van der Waals surface area contributed by atoms with Crippen molar-refractivity contribution in [2.24, 2.45) is 0 Å². The van der Waals surface area contributed by atoms with E-state index in [1.807, 2.05) is 103 Å². The normalized spacial score (nSPS) is 15.4. The molecule has 0 N–H and O–H groups in total. The Morgan fingerprint density at radius 1 is 0.758 bits per heavy atom. The topological polar surface area (TPSA) is 53.1 Å². The van der Waals surface area contributed by atoms with Crippen molar-refractivity contribution < 1.29 is 14.3 Å². The highest BCUT2D eigenvalue weighted by Gasteiger charge is 2.35. The van der Waals surface area contributed by atoms with Gasteiger partial charge in [0.2, 0.25) is 0 Å². The van der Waals surface area contributed by atoms with Crippen molar-refractivity contribution in [1.29, 1.82) is 0 Å². The van der Waals surface area contributed by atoms with E-state index >= 15 is 0 Å². The number of hydrogen-bond acceptors (Lipinski definition) is 4. The van der Waals surface area contributed by atoms with Gasteiger partial charge in [-0.1, -0.05) is 91.0 Å². The van der Waals surface area contributed by atoms with E-state index in [0.717, 1.165) is 16.7 Å². The number of urea groups is 1. The van der Waals surface area contributed by atoms with Crippen LogP contribution in [0.2, 0.25) is 0 Å². The Hall–Kier alpha value is -3.64. The lowest BCUT2D eigenvalue weighted by Crippen LogP contribution is -2.60. The van der Waals surface area contributed by atoms with Crippen LogP contribution in [0.25, 0.3) is 0 Å². The van der Waals surface area contributed by atoms with Crippen molar-refractivity contribution in [2.45, 2.75) is 32.7 Å². The van der Waals surface area contributed by atoms with Crippen LogP contribution in [0.5, 0.6) is 0 Å². The van der Waals surface area contributed by atoms with Gasteiger partial charge in [-0.15, -0.1) is 0 Å². The maximum Gasteiger partial charge on any atom is 0.323 e. The SMILES string of the molecule is C[C@@H](C(=O)OCc1ccccc1)N1CN(Cc2ccccc2)C(=O)N(Cc2ccccc2)C1. The third-order valence-electron chi connectivity index (χ3n) is 5.79. The summed E-state index contributed by atoms with van der Waals surface area (Å²) in [5, 5.41) is 0. The summed E-state index contributed by atoms with van der Waals surface area (Å²) >= 11 is 0. The fourth-order valence-electron chi connectivity index (χ4n) is 3.89. The molecule has 0 unspecified atom stereocenters. The van der Waals surface area contributed by atoms with Gasteiger partial charge in [-0.3, -0.25) is 9.69 Å². The number of esters is 1. The molecule has 1 heterocycles. The fourth-order valence-corrected chi connectivity index (χ4v) is 3.89. The second-order valence-corrected chi connectivity index (χ2v) is 8.29. The van der Waals surface area contributed by atoms with E-state index in [9.17, 15) is 9.59 Å². The van der Waals surface area contributed by atoms with E-state index < -0.39 is 6.04 Å². The van der Waals surface area contributed by atoms with Crippen molar-refractivity contribution in [3.63, 3.8) is 0 Å². The van der Waals surface area contributed by atoms with Crippen LogP contribution in [0.4, 0.5) is 4.79 Å². The zero-order valence-corrected chi connectivity index (χ0v) is 18.8. The first-order chi connectivity index (χ1) is 16.1. The van der Waals surface area contributed by atoms with Gasteiger partial charge in [0.05, 0.1) is 13.3 Å². The Morgan fingerprint density at radius 2 is 1.18 bits per heavy atom. The van der Waals surface area contributed by atoms with Gasteiger partial charge in [-0.2, -0.15) is 0 Å². The minimum atomic E-state index is -0.488. The Kier molecular flexibility index (Phi) is 7.37. The minimum Gasteiger partial charge on any atom is -0.460 e. The van der Waals surface area contributed by atoms with Crippen molar-refractivity contribution in [2.75, 3.05) is 13.3 Å². The maximum absolute atomic E-state index is 13.3. The highest BCUT2D eigenvalue weighted by Crippen LogP contribution is 2.19. The molecule has 1 saturated heterocycles. The van der Waals surface area contributed by atoms with Gasteiger partial charge >= 0.3 is 12.0 Å². The van der Waals surface area contributed by atoms with Crippen LogP contribution in [0.3, 0.4) is 0 Å². The lowest BCUT2D eigenvalue weighted by atomic mass is 10.2. The molecule has 0 bridgehead atoms. The summed E-state index contributed by atoms with van der Waals surface area (Å²) in [4.78, 5) is 31.7. The Balaban J connectivity index is 1.47. The molecule has 1 aliphatic rings. The van der Waals surface area contributed by atoms with E-state index in [0.29, 0.717) is 26.4 Å². The van der Waals surface area contributed by atoms with Crippen LogP contribution in [-0.4, -0.2) is 46.1 Å². The molecule has 0 radical (unpaired) electrons. The Labute approximate surface area is 195 Å². The number of nitrogens with zero attached hydrogens (tertiary/aromatic N) is 3.